The Kier molecular flexibility index (Phi) is 8.20. The Morgan fingerprint density at radius 3 is 2.58 bits per heavy atom. The molecule has 1 unspecified atom stereocenters. The number of carbonyl (C=O) groups excluding carboxylic acids is 1. The third-order valence-electron chi connectivity index (χ3n) is 6.56. The molecular formula is C25H20ClF5N4O3S2. The molecule has 0 spiro atoms. The Morgan fingerprint density at radius 2 is 1.90 bits per heavy atom. The van der Waals surface area contributed by atoms with Gasteiger partial charge in [-0.2, -0.15) is 13.2 Å². The monoisotopic (exact) mass is 618 g/mol. The van der Waals surface area contributed by atoms with Crippen molar-refractivity contribution >= 4 is 46.3 Å². The molecule has 2 aliphatic rings. The summed E-state index contributed by atoms with van der Waals surface area (Å²) in [6, 6.07) is 4.53. The van der Waals surface area contributed by atoms with Gasteiger partial charge in [0.1, 0.15) is 28.9 Å². The minimum absolute atomic E-state index is 0.0502. The summed E-state index contributed by atoms with van der Waals surface area (Å²) in [6.07, 6.45) is 1.44. The zero-order chi connectivity index (χ0) is 28.6. The molecule has 1 fully saturated rings. The van der Waals surface area contributed by atoms with Crippen molar-refractivity contribution < 1.29 is 31.6 Å². The molecule has 0 radical (unpaired) electrons. The molecule has 1 saturated heterocycles. The fourth-order valence-electron chi connectivity index (χ4n) is 4.61. The Hall–Kier alpha value is -2.97. The highest BCUT2D eigenvalue weighted by atomic mass is 35.5. The van der Waals surface area contributed by atoms with Gasteiger partial charge in [-0.3, -0.25) is 9.59 Å². The number of halogens is 6. The summed E-state index contributed by atoms with van der Waals surface area (Å²) in [6.45, 7) is 0.313. The van der Waals surface area contributed by atoms with E-state index in [-0.39, 0.29) is 22.8 Å². The number of aromatic nitrogens is 2. The van der Waals surface area contributed by atoms with E-state index >= 15 is 0 Å². The normalized spacial score (nSPS) is 18.1. The highest BCUT2D eigenvalue weighted by Gasteiger charge is 2.32. The fourth-order valence-corrected chi connectivity index (χ4v) is 6.53. The number of hydrogen-bond acceptors (Lipinski definition) is 7. The number of likely N-dealkylation sites (tertiary alicyclic amines) is 1. The molecule has 40 heavy (non-hydrogen) atoms. The molecule has 1 amide bonds. The first kappa shape index (κ1) is 28.6. The van der Waals surface area contributed by atoms with Crippen molar-refractivity contribution in [3.63, 3.8) is 0 Å². The molecule has 7 nitrogen and oxygen atoms in total. The van der Waals surface area contributed by atoms with Gasteiger partial charge in [0.15, 0.2) is 6.10 Å². The van der Waals surface area contributed by atoms with Crippen molar-refractivity contribution in [1.29, 1.82) is 0 Å². The van der Waals surface area contributed by atoms with Crippen LogP contribution in [0, 0.1) is 11.6 Å². The van der Waals surface area contributed by atoms with Crippen LogP contribution in [0.3, 0.4) is 0 Å². The van der Waals surface area contributed by atoms with Crippen molar-refractivity contribution in [2.75, 3.05) is 13.1 Å². The predicted molar refractivity (Wildman–Crippen MR) is 140 cm³/mol. The van der Waals surface area contributed by atoms with Gasteiger partial charge >= 0.3 is 5.51 Å². The minimum Gasteiger partial charge on any atom is -0.387 e. The molecule has 5 rings (SSSR count). The van der Waals surface area contributed by atoms with Gasteiger partial charge < -0.3 is 14.3 Å². The SMILES string of the molecule is O=C(Cn1cc(SC(F)(F)F)cc(Cl)c1=O)N1CCC(c2nc(C3=NOC(c4c(F)cccc4F)C3)cs2)CC1. The van der Waals surface area contributed by atoms with E-state index in [1.54, 1.807) is 10.3 Å². The number of thiazole rings is 1. The van der Waals surface area contributed by atoms with Crippen LogP contribution in [0.5, 0.6) is 0 Å². The number of rotatable bonds is 6. The van der Waals surface area contributed by atoms with Gasteiger partial charge in [-0.25, -0.2) is 13.8 Å². The topological polar surface area (TPSA) is 76.8 Å². The molecule has 3 aromatic rings. The molecule has 1 aromatic carbocycles. The van der Waals surface area contributed by atoms with E-state index in [2.05, 4.69) is 10.1 Å². The van der Waals surface area contributed by atoms with Crippen LogP contribution >= 0.6 is 34.7 Å². The molecule has 1 atom stereocenters. The van der Waals surface area contributed by atoms with Crippen molar-refractivity contribution in [3.8, 4) is 0 Å². The predicted octanol–water partition coefficient (Wildman–Crippen LogP) is 6.12. The Bertz CT molecular complexity index is 1500. The lowest BCUT2D eigenvalue weighted by molar-refractivity contribution is -0.132. The van der Waals surface area contributed by atoms with Crippen molar-refractivity contribution in [3.05, 3.63) is 79.1 Å². The summed E-state index contributed by atoms with van der Waals surface area (Å²) in [4.78, 5) is 36.4. The highest BCUT2D eigenvalue weighted by Crippen LogP contribution is 2.37. The Morgan fingerprint density at radius 1 is 1.20 bits per heavy atom. The second-order valence-corrected chi connectivity index (χ2v) is 11.6. The summed E-state index contributed by atoms with van der Waals surface area (Å²) in [7, 11) is 0. The molecule has 0 aliphatic carbocycles. The number of benzene rings is 1. The van der Waals surface area contributed by atoms with Crippen LogP contribution in [0.15, 0.2) is 50.7 Å². The molecule has 2 aliphatic heterocycles. The average Bonchev–Trinajstić information content (AvgIpc) is 3.56. The second-order valence-electron chi connectivity index (χ2n) is 9.20. The van der Waals surface area contributed by atoms with E-state index in [0.29, 0.717) is 37.3 Å². The van der Waals surface area contributed by atoms with Gasteiger partial charge in [0.2, 0.25) is 5.91 Å². The van der Waals surface area contributed by atoms with Gasteiger partial charge in [0.05, 0.1) is 16.3 Å². The zero-order valence-electron chi connectivity index (χ0n) is 20.5. The standard InChI is InChI=1S/C25H20ClF5N4O3S2/c26-15-8-14(40-25(29,30)31)10-35(24(15)37)11-21(36)34-6-4-13(5-7-34)23-32-19(12-39-23)18-9-20(38-33-18)22-16(27)2-1-3-17(22)28/h1-3,8,10,12-13,20H,4-7,9,11H2. The van der Waals surface area contributed by atoms with Gasteiger partial charge in [-0.1, -0.05) is 22.8 Å². The first-order valence-electron chi connectivity index (χ1n) is 12.0. The van der Waals surface area contributed by atoms with Gasteiger partial charge in [0.25, 0.3) is 5.56 Å². The van der Waals surface area contributed by atoms with Gasteiger partial charge in [0, 0.05) is 41.9 Å². The first-order chi connectivity index (χ1) is 19.0. The van der Waals surface area contributed by atoms with Crippen LogP contribution in [0.4, 0.5) is 22.0 Å². The lowest BCUT2D eigenvalue weighted by atomic mass is 9.97. The number of nitrogens with zero attached hydrogens (tertiary/aromatic N) is 4. The van der Waals surface area contributed by atoms with E-state index in [0.717, 1.165) is 34.0 Å². The molecule has 0 N–H and O–H groups in total. The summed E-state index contributed by atoms with van der Waals surface area (Å²) in [5.41, 5.74) is -4.44. The molecule has 2 aromatic heterocycles. The number of alkyl halides is 3. The summed E-state index contributed by atoms with van der Waals surface area (Å²) >= 11 is 6.81. The number of hydrogen-bond donors (Lipinski definition) is 0. The second kappa shape index (κ2) is 11.5. The Balaban J connectivity index is 1.18. The van der Waals surface area contributed by atoms with Gasteiger partial charge in [-0.05, 0) is 42.8 Å². The van der Waals surface area contributed by atoms with Crippen LogP contribution in [-0.2, 0) is 16.2 Å². The number of amides is 1. The average molecular weight is 619 g/mol. The summed E-state index contributed by atoms with van der Waals surface area (Å²) in [5.74, 6) is -1.77. The first-order valence-corrected chi connectivity index (χ1v) is 14.1. The molecule has 212 valence electrons. The molecule has 15 heteroatoms. The quantitative estimate of drug-likeness (QED) is 0.246. The number of piperidine rings is 1. The number of oxime groups is 1. The molecule has 0 bridgehead atoms. The molecule has 4 heterocycles. The van der Waals surface area contributed by atoms with Crippen LogP contribution in [-0.4, -0.2) is 44.7 Å². The van der Waals surface area contributed by atoms with Crippen LogP contribution in [0.1, 0.15) is 47.5 Å². The highest BCUT2D eigenvalue weighted by molar-refractivity contribution is 8.00. The molecule has 0 saturated carbocycles. The minimum atomic E-state index is -4.57. The summed E-state index contributed by atoms with van der Waals surface area (Å²) < 4.78 is 67.4. The van der Waals surface area contributed by atoms with E-state index in [1.807, 2.05) is 0 Å². The van der Waals surface area contributed by atoms with Crippen LogP contribution in [0.2, 0.25) is 5.02 Å². The number of carbonyl (C=O) groups is 1. The maximum atomic E-state index is 14.1. The number of thioether (sulfide) groups is 1. The van der Waals surface area contributed by atoms with Crippen LogP contribution in [0.25, 0.3) is 0 Å². The van der Waals surface area contributed by atoms with E-state index in [4.69, 9.17) is 16.4 Å². The van der Waals surface area contributed by atoms with E-state index in [1.165, 1.54) is 17.4 Å². The largest absolute Gasteiger partial charge is 0.446 e. The van der Waals surface area contributed by atoms with Crippen molar-refractivity contribution in [1.82, 2.24) is 14.5 Å². The van der Waals surface area contributed by atoms with E-state index in [9.17, 15) is 31.5 Å². The smallest absolute Gasteiger partial charge is 0.387 e. The van der Waals surface area contributed by atoms with Crippen LogP contribution < -0.4 is 5.56 Å². The summed E-state index contributed by atoms with van der Waals surface area (Å²) in [5, 5.41) is 6.22. The maximum Gasteiger partial charge on any atom is 0.446 e. The lowest BCUT2D eigenvalue weighted by Gasteiger charge is -2.31. The zero-order valence-corrected chi connectivity index (χ0v) is 22.8. The number of pyridine rings is 1. The third kappa shape index (κ3) is 6.33. The Labute approximate surface area is 237 Å². The van der Waals surface area contributed by atoms with Crippen molar-refractivity contribution in [2.24, 2.45) is 5.16 Å². The van der Waals surface area contributed by atoms with E-state index < -0.39 is 58.0 Å². The molecular weight excluding hydrogens is 599 g/mol. The van der Waals surface area contributed by atoms with Gasteiger partial charge in [-0.15, -0.1) is 11.3 Å². The lowest BCUT2D eigenvalue weighted by Crippen LogP contribution is -2.41. The van der Waals surface area contributed by atoms with Crippen molar-refractivity contribution in [2.45, 2.75) is 48.2 Å². The third-order valence-corrected chi connectivity index (χ3v) is 8.53. The fraction of sp³-hybridized carbons (Fsp3) is 0.360. The maximum absolute atomic E-state index is 14.1.